The monoisotopic (exact) mass is 299 g/mol. The molecule has 1 saturated heterocycles. The van der Waals surface area contributed by atoms with Gasteiger partial charge in [-0.15, -0.1) is 0 Å². The number of rotatable bonds is 2. The molecule has 1 aliphatic rings. The molecule has 1 atom stereocenters. The van der Waals surface area contributed by atoms with E-state index in [1.165, 1.54) is 0 Å². The van der Waals surface area contributed by atoms with E-state index >= 15 is 0 Å². The zero-order chi connectivity index (χ0) is 12.4. The van der Waals surface area contributed by atoms with Crippen LogP contribution in [-0.4, -0.2) is 41.1 Å². The second-order valence-corrected chi connectivity index (χ2v) is 5.35. The number of carbonyl (C=O) groups excluding carboxylic acids is 1. The molecule has 1 amide bonds. The van der Waals surface area contributed by atoms with Gasteiger partial charge < -0.3 is 14.8 Å². The normalized spacial score (nSPS) is 20.6. The molecule has 2 rings (SSSR count). The van der Waals surface area contributed by atoms with E-state index in [-0.39, 0.29) is 5.91 Å². The number of halogens is 1. The molecule has 1 N–H and O–H groups in total. The van der Waals surface area contributed by atoms with Gasteiger partial charge in [-0.3, -0.25) is 4.79 Å². The van der Waals surface area contributed by atoms with Crippen LogP contribution in [0, 0.1) is 0 Å². The summed E-state index contributed by atoms with van der Waals surface area (Å²) in [5.74, 6) is 0.130. The Balaban J connectivity index is 2.18. The van der Waals surface area contributed by atoms with Crippen molar-refractivity contribution in [2.75, 3.05) is 19.6 Å². The van der Waals surface area contributed by atoms with Crippen molar-refractivity contribution in [1.82, 2.24) is 14.8 Å². The summed E-state index contributed by atoms with van der Waals surface area (Å²) in [4.78, 5) is 14.3. The maximum atomic E-state index is 12.4. The van der Waals surface area contributed by atoms with E-state index in [4.69, 9.17) is 0 Å². The predicted octanol–water partition coefficient (Wildman–Crippen LogP) is 1.70. The van der Waals surface area contributed by atoms with E-state index in [0.717, 1.165) is 36.3 Å². The van der Waals surface area contributed by atoms with Crippen LogP contribution in [0.3, 0.4) is 0 Å². The third kappa shape index (κ3) is 2.72. The van der Waals surface area contributed by atoms with E-state index in [2.05, 4.69) is 28.2 Å². The Morgan fingerprint density at radius 3 is 3.06 bits per heavy atom. The molecule has 1 aliphatic heterocycles. The largest absolute Gasteiger partial charge is 0.343 e. The van der Waals surface area contributed by atoms with E-state index in [1.807, 2.05) is 28.7 Å². The number of hydrogen-bond acceptors (Lipinski definition) is 2. The quantitative estimate of drug-likeness (QED) is 0.903. The summed E-state index contributed by atoms with van der Waals surface area (Å²) in [5, 5.41) is 3.34. The molecule has 0 aliphatic carbocycles. The Morgan fingerprint density at radius 1 is 1.65 bits per heavy atom. The first-order chi connectivity index (χ1) is 8.11. The van der Waals surface area contributed by atoms with Crippen molar-refractivity contribution in [3.8, 4) is 0 Å². The van der Waals surface area contributed by atoms with Crippen LogP contribution in [0.2, 0.25) is 0 Å². The molecule has 2 heterocycles. The van der Waals surface area contributed by atoms with Crippen LogP contribution in [0.5, 0.6) is 0 Å². The van der Waals surface area contributed by atoms with Gasteiger partial charge in [0.1, 0.15) is 5.69 Å². The van der Waals surface area contributed by atoms with Gasteiger partial charge in [-0.2, -0.15) is 0 Å². The lowest BCUT2D eigenvalue weighted by Crippen LogP contribution is -2.51. The van der Waals surface area contributed by atoms with Gasteiger partial charge in [0.2, 0.25) is 0 Å². The second-order valence-electron chi connectivity index (χ2n) is 4.44. The van der Waals surface area contributed by atoms with Gasteiger partial charge in [-0.05, 0) is 35.8 Å². The summed E-state index contributed by atoms with van der Waals surface area (Å²) in [5.41, 5.74) is 0.772. The Hall–Kier alpha value is -0.810. The number of aromatic nitrogens is 1. The number of aryl methyl sites for hydroxylation is 1. The van der Waals surface area contributed by atoms with Crippen molar-refractivity contribution in [3.63, 3.8) is 0 Å². The fourth-order valence-electron chi connectivity index (χ4n) is 2.19. The number of amides is 1. The van der Waals surface area contributed by atoms with Gasteiger partial charge in [0.05, 0.1) is 0 Å². The topological polar surface area (TPSA) is 37.3 Å². The van der Waals surface area contributed by atoms with Crippen molar-refractivity contribution in [3.05, 3.63) is 22.4 Å². The Bertz CT molecular complexity index is 416. The summed E-state index contributed by atoms with van der Waals surface area (Å²) in [6.07, 6.45) is 1.96. The molecule has 0 spiro atoms. The number of hydrogen-bond donors (Lipinski definition) is 1. The van der Waals surface area contributed by atoms with Crippen LogP contribution in [0.25, 0.3) is 0 Å². The lowest BCUT2D eigenvalue weighted by Gasteiger charge is -2.32. The highest BCUT2D eigenvalue weighted by molar-refractivity contribution is 9.10. The van der Waals surface area contributed by atoms with Gasteiger partial charge in [0.25, 0.3) is 5.91 Å². The van der Waals surface area contributed by atoms with Crippen LogP contribution >= 0.6 is 15.9 Å². The SMILES string of the molecule is CCn1cc(Br)cc1C(=O)N1CCN[C@H](C)C1. The Morgan fingerprint density at radius 2 is 2.41 bits per heavy atom. The molecule has 1 aromatic heterocycles. The summed E-state index contributed by atoms with van der Waals surface area (Å²) < 4.78 is 2.95. The molecule has 0 bridgehead atoms. The van der Waals surface area contributed by atoms with Crippen molar-refractivity contribution in [2.24, 2.45) is 0 Å². The molecule has 17 heavy (non-hydrogen) atoms. The molecule has 94 valence electrons. The first-order valence-electron chi connectivity index (χ1n) is 6.00. The highest BCUT2D eigenvalue weighted by Gasteiger charge is 2.23. The molecule has 1 aromatic rings. The van der Waals surface area contributed by atoms with Crippen LogP contribution < -0.4 is 5.32 Å². The predicted molar refractivity (Wildman–Crippen MR) is 71.2 cm³/mol. The molecule has 0 unspecified atom stereocenters. The van der Waals surface area contributed by atoms with Gasteiger partial charge in [0, 0.05) is 42.9 Å². The summed E-state index contributed by atoms with van der Waals surface area (Å²) in [6.45, 7) is 7.41. The summed E-state index contributed by atoms with van der Waals surface area (Å²) in [6, 6.07) is 2.28. The first-order valence-corrected chi connectivity index (χ1v) is 6.79. The van der Waals surface area contributed by atoms with Crippen molar-refractivity contribution in [2.45, 2.75) is 26.4 Å². The fraction of sp³-hybridized carbons (Fsp3) is 0.583. The molecule has 4 nitrogen and oxygen atoms in total. The smallest absolute Gasteiger partial charge is 0.270 e. The Labute approximate surface area is 110 Å². The number of nitrogens with zero attached hydrogens (tertiary/aromatic N) is 2. The maximum absolute atomic E-state index is 12.4. The number of carbonyl (C=O) groups is 1. The first kappa shape index (κ1) is 12.6. The van der Waals surface area contributed by atoms with Gasteiger partial charge in [-0.25, -0.2) is 0 Å². The van der Waals surface area contributed by atoms with Crippen LogP contribution in [0.1, 0.15) is 24.3 Å². The van der Waals surface area contributed by atoms with Crippen LogP contribution in [0.15, 0.2) is 16.7 Å². The molecular weight excluding hydrogens is 282 g/mol. The Kier molecular flexibility index (Phi) is 3.89. The van der Waals surface area contributed by atoms with E-state index in [1.54, 1.807) is 0 Å². The van der Waals surface area contributed by atoms with Crippen molar-refractivity contribution in [1.29, 1.82) is 0 Å². The molecular formula is C12H18BrN3O. The lowest BCUT2D eigenvalue weighted by atomic mass is 10.2. The van der Waals surface area contributed by atoms with E-state index in [0.29, 0.717) is 6.04 Å². The van der Waals surface area contributed by atoms with Crippen LogP contribution in [0.4, 0.5) is 0 Å². The zero-order valence-electron chi connectivity index (χ0n) is 10.2. The van der Waals surface area contributed by atoms with Crippen molar-refractivity contribution >= 4 is 21.8 Å². The van der Waals surface area contributed by atoms with Gasteiger partial charge in [-0.1, -0.05) is 0 Å². The second kappa shape index (κ2) is 5.23. The number of piperazine rings is 1. The molecule has 5 heteroatoms. The van der Waals surface area contributed by atoms with Gasteiger partial charge >= 0.3 is 0 Å². The summed E-state index contributed by atoms with van der Waals surface area (Å²) >= 11 is 3.42. The number of nitrogens with one attached hydrogen (secondary N) is 1. The third-order valence-corrected chi connectivity index (χ3v) is 3.51. The third-order valence-electron chi connectivity index (χ3n) is 3.08. The summed E-state index contributed by atoms with van der Waals surface area (Å²) in [7, 11) is 0. The minimum Gasteiger partial charge on any atom is -0.343 e. The van der Waals surface area contributed by atoms with Crippen LogP contribution in [-0.2, 0) is 6.54 Å². The lowest BCUT2D eigenvalue weighted by molar-refractivity contribution is 0.0698. The van der Waals surface area contributed by atoms with E-state index < -0.39 is 0 Å². The molecule has 1 fully saturated rings. The van der Waals surface area contributed by atoms with Crippen molar-refractivity contribution < 1.29 is 4.79 Å². The average molecular weight is 300 g/mol. The van der Waals surface area contributed by atoms with E-state index in [9.17, 15) is 4.79 Å². The zero-order valence-corrected chi connectivity index (χ0v) is 11.8. The van der Waals surface area contributed by atoms with Gasteiger partial charge in [0.15, 0.2) is 0 Å². The molecule has 0 saturated carbocycles. The fourth-order valence-corrected chi connectivity index (χ4v) is 2.66. The highest BCUT2D eigenvalue weighted by atomic mass is 79.9. The maximum Gasteiger partial charge on any atom is 0.270 e. The minimum atomic E-state index is 0.130. The minimum absolute atomic E-state index is 0.130. The molecule has 0 aromatic carbocycles. The standard InChI is InChI=1S/C12H18BrN3O/c1-3-15-8-10(13)6-11(15)12(17)16-5-4-14-9(2)7-16/h6,8-9,14H,3-5,7H2,1-2H3/t9-/m1/s1. The molecule has 0 radical (unpaired) electrons. The highest BCUT2D eigenvalue weighted by Crippen LogP contribution is 2.17. The average Bonchev–Trinajstić information content (AvgIpc) is 2.69.